The van der Waals surface area contributed by atoms with Gasteiger partial charge < -0.3 is 10.2 Å². The number of hydrogen-bond acceptors (Lipinski definition) is 6. The number of anilines is 1. The summed E-state index contributed by atoms with van der Waals surface area (Å²) in [6, 6.07) is 8.99. The summed E-state index contributed by atoms with van der Waals surface area (Å²) in [5.41, 5.74) is 0.653. The summed E-state index contributed by atoms with van der Waals surface area (Å²) in [7, 11) is 3.28. The van der Waals surface area contributed by atoms with Crippen molar-refractivity contribution in [2.24, 2.45) is 0 Å². The summed E-state index contributed by atoms with van der Waals surface area (Å²) < 4.78 is 0. The highest BCUT2D eigenvalue weighted by atomic mass is 32.2. The largest absolute Gasteiger partial charge is 0.345 e. The van der Waals surface area contributed by atoms with Crippen LogP contribution in [0.3, 0.4) is 0 Å². The predicted octanol–water partition coefficient (Wildman–Crippen LogP) is 2.42. The molecule has 2 amide bonds. The fourth-order valence-corrected chi connectivity index (χ4v) is 2.72. The van der Waals surface area contributed by atoms with E-state index >= 15 is 0 Å². The number of benzene rings is 1. The summed E-state index contributed by atoms with van der Waals surface area (Å²) in [5.74, 6) is -0.526. The molecule has 130 valence electrons. The van der Waals surface area contributed by atoms with E-state index in [1.807, 2.05) is 0 Å². The number of pyridine rings is 1. The number of hydrogen-bond donors (Lipinski definition) is 1. The monoisotopic (exact) mass is 360 g/mol. The van der Waals surface area contributed by atoms with Gasteiger partial charge in [-0.15, -0.1) is 0 Å². The summed E-state index contributed by atoms with van der Waals surface area (Å²) in [6.45, 7) is 0. The molecule has 0 aliphatic carbocycles. The van der Waals surface area contributed by atoms with Gasteiger partial charge >= 0.3 is 0 Å². The first kappa shape index (κ1) is 18.4. The molecule has 1 aromatic carbocycles. The van der Waals surface area contributed by atoms with Crippen molar-refractivity contribution >= 4 is 35.0 Å². The van der Waals surface area contributed by atoms with Gasteiger partial charge in [0.2, 0.25) is 5.91 Å². The second kappa shape index (κ2) is 8.25. The summed E-state index contributed by atoms with van der Waals surface area (Å²) >= 11 is 1.13. The Bertz CT molecular complexity index is 810. The third-order valence-corrected chi connectivity index (χ3v) is 4.09. The van der Waals surface area contributed by atoms with E-state index in [0.717, 1.165) is 11.8 Å². The zero-order valence-corrected chi connectivity index (χ0v) is 14.4. The Balaban J connectivity index is 2.02. The van der Waals surface area contributed by atoms with Crippen LogP contribution in [0.4, 0.5) is 11.4 Å². The van der Waals surface area contributed by atoms with Crippen molar-refractivity contribution in [3.63, 3.8) is 0 Å². The van der Waals surface area contributed by atoms with E-state index in [9.17, 15) is 19.7 Å². The molecule has 2 rings (SSSR count). The van der Waals surface area contributed by atoms with Crippen LogP contribution in [0.25, 0.3) is 0 Å². The molecule has 0 fully saturated rings. The number of aromatic nitrogens is 1. The van der Waals surface area contributed by atoms with Gasteiger partial charge in [-0.05, 0) is 18.2 Å². The zero-order valence-electron chi connectivity index (χ0n) is 13.6. The van der Waals surface area contributed by atoms with Gasteiger partial charge in [0.25, 0.3) is 11.6 Å². The molecule has 8 nitrogen and oxygen atoms in total. The molecule has 1 heterocycles. The Kier molecular flexibility index (Phi) is 6.07. The standard InChI is InChI=1S/C16H16N4O4S/c1-19(2)16(22)13-7-4-8-17-15(13)25-10-14(21)18-11-5-3-6-12(9-11)20(23)24/h3-9H,10H2,1-2H3,(H,18,21). The normalized spacial score (nSPS) is 10.2. The molecule has 9 heteroatoms. The first-order valence-corrected chi connectivity index (χ1v) is 8.21. The fourth-order valence-electron chi connectivity index (χ4n) is 1.94. The molecule has 0 aliphatic heterocycles. The molecular formula is C16H16N4O4S. The van der Waals surface area contributed by atoms with E-state index < -0.39 is 4.92 Å². The number of non-ortho nitro benzene ring substituents is 1. The van der Waals surface area contributed by atoms with Crippen molar-refractivity contribution in [2.45, 2.75) is 5.03 Å². The van der Waals surface area contributed by atoms with Crippen molar-refractivity contribution < 1.29 is 14.5 Å². The smallest absolute Gasteiger partial charge is 0.271 e. The second-order valence-corrected chi connectivity index (χ2v) is 6.16. The molecular weight excluding hydrogens is 344 g/mol. The molecule has 1 N–H and O–H groups in total. The number of nitro groups is 1. The molecule has 0 saturated heterocycles. The Morgan fingerprint density at radius 3 is 2.72 bits per heavy atom. The quantitative estimate of drug-likeness (QED) is 0.482. The van der Waals surface area contributed by atoms with E-state index in [-0.39, 0.29) is 23.3 Å². The van der Waals surface area contributed by atoms with Crippen LogP contribution >= 0.6 is 11.8 Å². The first-order valence-electron chi connectivity index (χ1n) is 7.22. The van der Waals surface area contributed by atoms with Gasteiger partial charge in [-0.1, -0.05) is 17.8 Å². The van der Waals surface area contributed by atoms with E-state index in [1.54, 1.807) is 38.5 Å². The molecule has 1 aromatic heterocycles. The van der Waals surface area contributed by atoms with Gasteiger partial charge in [0.05, 0.1) is 16.2 Å². The SMILES string of the molecule is CN(C)C(=O)c1cccnc1SCC(=O)Nc1cccc([N+](=O)[O-])c1. The highest BCUT2D eigenvalue weighted by Crippen LogP contribution is 2.22. The third kappa shape index (κ3) is 5.01. The third-order valence-electron chi connectivity index (χ3n) is 3.09. The lowest BCUT2D eigenvalue weighted by atomic mass is 10.2. The van der Waals surface area contributed by atoms with Crippen LogP contribution in [-0.4, -0.2) is 46.5 Å². The number of nitro benzene ring substituents is 1. The zero-order chi connectivity index (χ0) is 18.4. The molecule has 0 bridgehead atoms. The minimum absolute atomic E-state index is 0.0212. The van der Waals surface area contributed by atoms with Crippen molar-refractivity contribution in [1.82, 2.24) is 9.88 Å². The number of rotatable bonds is 6. The van der Waals surface area contributed by atoms with Crippen LogP contribution in [-0.2, 0) is 4.79 Å². The maximum absolute atomic E-state index is 12.1. The number of carbonyl (C=O) groups is 2. The van der Waals surface area contributed by atoms with Gasteiger partial charge in [0.15, 0.2) is 0 Å². The number of nitrogens with zero attached hydrogens (tertiary/aromatic N) is 3. The van der Waals surface area contributed by atoms with Crippen LogP contribution in [0.5, 0.6) is 0 Å². The fraction of sp³-hybridized carbons (Fsp3) is 0.188. The minimum Gasteiger partial charge on any atom is -0.345 e. The molecule has 2 aromatic rings. The Morgan fingerprint density at radius 1 is 1.28 bits per heavy atom. The van der Waals surface area contributed by atoms with Gasteiger partial charge in [-0.2, -0.15) is 0 Å². The average molecular weight is 360 g/mol. The summed E-state index contributed by atoms with van der Waals surface area (Å²) in [6.07, 6.45) is 1.55. The maximum atomic E-state index is 12.1. The van der Waals surface area contributed by atoms with E-state index in [4.69, 9.17) is 0 Å². The molecule has 0 radical (unpaired) electrons. The topological polar surface area (TPSA) is 105 Å². The highest BCUT2D eigenvalue weighted by molar-refractivity contribution is 8.00. The summed E-state index contributed by atoms with van der Waals surface area (Å²) in [5, 5.41) is 13.8. The van der Waals surface area contributed by atoms with Crippen molar-refractivity contribution in [3.05, 3.63) is 58.3 Å². The van der Waals surface area contributed by atoms with Crippen molar-refractivity contribution in [1.29, 1.82) is 0 Å². The van der Waals surface area contributed by atoms with Crippen LogP contribution in [0.2, 0.25) is 0 Å². The number of thioether (sulfide) groups is 1. The Labute approximate surface area is 148 Å². The van der Waals surface area contributed by atoms with Crippen LogP contribution in [0.1, 0.15) is 10.4 Å². The second-order valence-electron chi connectivity index (χ2n) is 5.20. The Morgan fingerprint density at radius 2 is 2.04 bits per heavy atom. The first-order chi connectivity index (χ1) is 11.9. The Hall–Kier alpha value is -2.94. The predicted molar refractivity (Wildman–Crippen MR) is 94.7 cm³/mol. The van der Waals surface area contributed by atoms with E-state index in [0.29, 0.717) is 16.3 Å². The van der Waals surface area contributed by atoms with Crippen molar-refractivity contribution in [3.8, 4) is 0 Å². The molecule has 0 unspecified atom stereocenters. The van der Waals surface area contributed by atoms with Crippen molar-refractivity contribution in [2.75, 3.05) is 25.2 Å². The molecule has 0 atom stereocenters. The van der Waals surface area contributed by atoms with Gasteiger partial charge in [-0.3, -0.25) is 19.7 Å². The summed E-state index contributed by atoms with van der Waals surface area (Å²) in [4.78, 5) is 40.0. The van der Waals surface area contributed by atoms with Gasteiger partial charge in [0, 0.05) is 38.1 Å². The van der Waals surface area contributed by atoms with E-state index in [1.165, 1.54) is 23.1 Å². The van der Waals surface area contributed by atoms with E-state index in [2.05, 4.69) is 10.3 Å². The lowest BCUT2D eigenvalue weighted by Gasteiger charge is -2.12. The number of carbonyl (C=O) groups excluding carboxylic acids is 2. The lowest BCUT2D eigenvalue weighted by molar-refractivity contribution is -0.384. The number of amides is 2. The minimum atomic E-state index is -0.530. The van der Waals surface area contributed by atoms with Gasteiger partial charge in [-0.25, -0.2) is 4.98 Å². The number of nitrogens with one attached hydrogen (secondary N) is 1. The molecule has 25 heavy (non-hydrogen) atoms. The average Bonchev–Trinajstić information content (AvgIpc) is 2.59. The lowest BCUT2D eigenvalue weighted by Crippen LogP contribution is -2.23. The van der Waals surface area contributed by atoms with Crippen LogP contribution in [0.15, 0.2) is 47.6 Å². The molecule has 0 aliphatic rings. The maximum Gasteiger partial charge on any atom is 0.271 e. The highest BCUT2D eigenvalue weighted by Gasteiger charge is 2.16. The van der Waals surface area contributed by atoms with Gasteiger partial charge in [0.1, 0.15) is 5.03 Å². The van der Waals surface area contributed by atoms with Crippen LogP contribution < -0.4 is 5.32 Å². The molecule has 0 saturated carbocycles. The molecule has 0 spiro atoms. The van der Waals surface area contributed by atoms with Crippen LogP contribution in [0, 0.1) is 10.1 Å².